The summed E-state index contributed by atoms with van der Waals surface area (Å²) < 4.78 is 19.1. The maximum Gasteiger partial charge on any atom is 0.147 e. The van der Waals surface area contributed by atoms with Crippen LogP contribution in [0.2, 0.25) is 5.02 Å². The highest BCUT2D eigenvalue weighted by Crippen LogP contribution is 2.19. The van der Waals surface area contributed by atoms with E-state index in [1.165, 1.54) is 6.07 Å². The lowest BCUT2D eigenvalue weighted by Crippen LogP contribution is -2.43. The Morgan fingerprint density at radius 1 is 1.59 bits per heavy atom. The number of nitrogens with one attached hydrogen (secondary N) is 1. The van der Waals surface area contributed by atoms with E-state index in [1.54, 1.807) is 12.1 Å². The number of rotatable bonds is 3. The van der Waals surface area contributed by atoms with Crippen molar-refractivity contribution in [3.63, 3.8) is 0 Å². The van der Waals surface area contributed by atoms with E-state index in [-0.39, 0.29) is 11.9 Å². The highest BCUT2D eigenvalue weighted by Gasteiger charge is 2.17. The quantitative estimate of drug-likeness (QED) is 0.900. The van der Waals surface area contributed by atoms with E-state index in [4.69, 9.17) is 16.3 Å². The highest BCUT2D eigenvalue weighted by molar-refractivity contribution is 6.30. The third-order valence-electron chi connectivity index (χ3n) is 2.79. The van der Waals surface area contributed by atoms with Crippen LogP contribution in [0.5, 0.6) is 0 Å². The van der Waals surface area contributed by atoms with Gasteiger partial charge in [-0.2, -0.15) is 0 Å². The van der Waals surface area contributed by atoms with Crippen molar-refractivity contribution in [1.82, 2.24) is 4.90 Å². The monoisotopic (exact) mass is 258 g/mol. The summed E-state index contributed by atoms with van der Waals surface area (Å²) in [5, 5.41) is 3.45. The average molecular weight is 259 g/mol. The molecular weight excluding hydrogens is 243 g/mol. The smallest absolute Gasteiger partial charge is 0.147 e. The Kier molecular flexibility index (Phi) is 4.20. The maximum absolute atomic E-state index is 13.5. The van der Waals surface area contributed by atoms with Crippen LogP contribution in [0.1, 0.15) is 0 Å². The number of hydrogen-bond acceptors (Lipinski definition) is 3. The maximum atomic E-state index is 13.5. The Labute approximate surface area is 106 Å². The number of anilines is 1. The molecule has 2 rings (SSSR count). The fraction of sp³-hybridized carbons (Fsp3) is 0.500. The third kappa shape index (κ3) is 3.56. The summed E-state index contributed by atoms with van der Waals surface area (Å²) >= 11 is 5.69. The molecular formula is C12H16ClFN2O. The number of likely N-dealkylation sites (N-methyl/N-ethyl adjacent to an activating group) is 1. The van der Waals surface area contributed by atoms with Crippen molar-refractivity contribution in [2.45, 2.75) is 6.10 Å². The van der Waals surface area contributed by atoms with Crippen LogP contribution in [0, 0.1) is 5.82 Å². The van der Waals surface area contributed by atoms with Crippen molar-refractivity contribution in [3.8, 4) is 0 Å². The number of benzene rings is 1. The van der Waals surface area contributed by atoms with E-state index in [0.717, 1.165) is 19.7 Å². The standard InChI is InChI=1S/C12H16ClFN2O/c1-16-4-5-17-10(8-16)7-15-12-3-2-9(13)6-11(12)14/h2-3,6,10,15H,4-5,7-8H2,1H3. The fourth-order valence-electron chi connectivity index (χ4n) is 1.85. The zero-order valence-electron chi connectivity index (χ0n) is 9.75. The van der Waals surface area contributed by atoms with Gasteiger partial charge in [-0.15, -0.1) is 0 Å². The molecule has 1 aromatic carbocycles. The predicted molar refractivity (Wildman–Crippen MR) is 67.1 cm³/mol. The largest absolute Gasteiger partial charge is 0.380 e. The molecule has 3 nitrogen and oxygen atoms in total. The molecule has 0 radical (unpaired) electrons. The molecule has 0 aromatic heterocycles. The normalized spacial score (nSPS) is 21.5. The Hall–Kier alpha value is -0.840. The zero-order chi connectivity index (χ0) is 12.3. The molecule has 1 aliphatic heterocycles. The molecule has 0 bridgehead atoms. The molecule has 1 atom stereocenters. The molecule has 94 valence electrons. The SMILES string of the molecule is CN1CCOC(CNc2ccc(Cl)cc2F)C1. The van der Waals surface area contributed by atoms with E-state index in [0.29, 0.717) is 17.3 Å². The van der Waals surface area contributed by atoms with Gasteiger partial charge in [-0.1, -0.05) is 11.6 Å². The van der Waals surface area contributed by atoms with Gasteiger partial charge in [0.2, 0.25) is 0 Å². The van der Waals surface area contributed by atoms with Gasteiger partial charge in [0.25, 0.3) is 0 Å². The summed E-state index contributed by atoms with van der Waals surface area (Å²) in [5.41, 5.74) is 0.464. The molecule has 1 saturated heterocycles. The van der Waals surface area contributed by atoms with E-state index in [9.17, 15) is 4.39 Å². The minimum absolute atomic E-state index is 0.101. The molecule has 0 saturated carbocycles. The van der Waals surface area contributed by atoms with Crippen molar-refractivity contribution in [1.29, 1.82) is 0 Å². The summed E-state index contributed by atoms with van der Waals surface area (Å²) in [4.78, 5) is 2.20. The van der Waals surface area contributed by atoms with Crippen LogP contribution in [0.4, 0.5) is 10.1 Å². The average Bonchev–Trinajstić information content (AvgIpc) is 2.28. The van der Waals surface area contributed by atoms with Crippen molar-refractivity contribution in [2.24, 2.45) is 0 Å². The van der Waals surface area contributed by atoms with Crippen molar-refractivity contribution in [2.75, 3.05) is 38.6 Å². The minimum Gasteiger partial charge on any atom is -0.380 e. The fourth-order valence-corrected chi connectivity index (χ4v) is 2.01. The molecule has 0 spiro atoms. The summed E-state index contributed by atoms with van der Waals surface area (Å²) in [5.74, 6) is -0.332. The first-order chi connectivity index (χ1) is 8.15. The van der Waals surface area contributed by atoms with Crippen LogP contribution in [-0.4, -0.2) is 44.3 Å². The zero-order valence-corrected chi connectivity index (χ0v) is 10.5. The minimum atomic E-state index is -0.332. The van der Waals surface area contributed by atoms with Crippen LogP contribution in [0.25, 0.3) is 0 Å². The van der Waals surface area contributed by atoms with E-state index >= 15 is 0 Å². The lowest BCUT2D eigenvalue weighted by Gasteiger charge is -2.30. The van der Waals surface area contributed by atoms with Crippen LogP contribution in [0.15, 0.2) is 18.2 Å². The van der Waals surface area contributed by atoms with Crippen LogP contribution in [0.3, 0.4) is 0 Å². The molecule has 1 unspecified atom stereocenters. The van der Waals surface area contributed by atoms with Crippen molar-refractivity contribution >= 4 is 17.3 Å². The number of halogens is 2. The molecule has 17 heavy (non-hydrogen) atoms. The van der Waals surface area contributed by atoms with Crippen molar-refractivity contribution in [3.05, 3.63) is 29.0 Å². The van der Waals surface area contributed by atoms with E-state index in [2.05, 4.69) is 17.3 Å². The number of nitrogens with zero attached hydrogens (tertiary/aromatic N) is 1. The Bertz CT molecular complexity index is 389. The third-order valence-corrected chi connectivity index (χ3v) is 3.03. The summed E-state index contributed by atoms with van der Waals surface area (Å²) in [7, 11) is 2.05. The Morgan fingerprint density at radius 3 is 3.12 bits per heavy atom. The summed E-state index contributed by atoms with van der Waals surface area (Å²) in [6.45, 7) is 3.14. The van der Waals surface area contributed by atoms with Crippen LogP contribution in [-0.2, 0) is 4.74 Å². The Morgan fingerprint density at radius 2 is 2.41 bits per heavy atom. The van der Waals surface area contributed by atoms with Crippen LogP contribution >= 0.6 is 11.6 Å². The van der Waals surface area contributed by atoms with E-state index < -0.39 is 0 Å². The number of morpholine rings is 1. The van der Waals surface area contributed by atoms with Gasteiger partial charge in [0, 0.05) is 24.7 Å². The second-order valence-electron chi connectivity index (χ2n) is 4.26. The van der Waals surface area contributed by atoms with Gasteiger partial charge in [0.05, 0.1) is 18.4 Å². The van der Waals surface area contributed by atoms with Gasteiger partial charge in [-0.05, 0) is 25.2 Å². The highest BCUT2D eigenvalue weighted by atomic mass is 35.5. The molecule has 1 heterocycles. The predicted octanol–water partition coefficient (Wildman–Crippen LogP) is 2.22. The lowest BCUT2D eigenvalue weighted by molar-refractivity contribution is -0.0117. The number of hydrogen-bond donors (Lipinski definition) is 1. The lowest BCUT2D eigenvalue weighted by atomic mass is 10.2. The number of ether oxygens (including phenoxy) is 1. The molecule has 5 heteroatoms. The molecule has 1 N–H and O–H groups in total. The van der Waals surface area contributed by atoms with Gasteiger partial charge in [-0.25, -0.2) is 4.39 Å². The van der Waals surface area contributed by atoms with Gasteiger partial charge >= 0.3 is 0 Å². The van der Waals surface area contributed by atoms with E-state index in [1.807, 2.05) is 0 Å². The summed E-state index contributed by atoms with van der Waals surface area (Å²) in [6.07, 6.45) is 0.101. The van der Waals surface area contributed by atoms with Gasteiger partial charge in [0.1, 0.15) is 5.82 Å². The first-order valence-corrected chi connectivity index (χ1v) is 6.02. The Balaban J connectivity index is 1.88. The molecule has 0 amide bonds. The first kappa shape index (κ1) is 12.6. The second-order valence-corrected chi connectivity index (χ2v) is 4.70. The summed E-state index contributed by atoms with van der Waals surface area (Å²) in [6, 6.07) is 4.61. The molecule has 1 fully saturated rings. The second kappa shape index (κ2) is 5.67. The van der Waals surface area contributed by atoms with Gasteiger partial charge in [-0.3, -0.25) is 0 Å². The topological polar surface area (TPSA) is 24.5 Å². The van der Waals surface area contributed by atoms with Gasteiger partial charge in [0.15, 0.2) is 0 Å². The molecule has 0 aliphatic carbocycles. The van der Waals surface area contributed by atoms with Gasteiger partial charge < -0.3 is 15.0 Å². The molecule has 1 aromatic rings. The van der Waals surface area contributed by atoms with Crippen LogP contribution < -0.4 is 5.32 Å². The first-order valence-electron chi connectivity index (χ1n) is 5.64. The van der Waals surface area contributed by atoms with Crippen molar-refractivity contribution < 1.29 is 9.13 Å². The molecule has 1 aliphatic rings.